The highest BCUT2D eigenvalue weighted by Crippen LogP contribution is 2.19. The van der Waals surface area contributed by atoms with Gasteiger partial charge in [-0.1, -0.05) is 224 Å². The molecule has 0 radical (unpaired) electrons. The summed E-state index contributed by atoms with van der Waals surface area (Å²) in [5.41, 5.74) is 0.823. The largest absolute Gasteiger partial charge is 0.452 e. The maximum absolute atomic E-state index is 12.8. The van der Waals surface area contributed by atoms with Gasteiger partial charge in [0, 0.05) is 12.8 Å². The van der Waals surface area contributed by atoms with E-state index in [0.29, 0.717) is 12.8 Å². The highest BCUT2D eigenvalue weighted by atomic mass is 16.6. The zero-order chi connectivity index (χ0) is 36.9. The Kier molecular flexibility index (Phi) is 33.3. The molecular weight excluding hydrogens is 633 g/mol. The molecule has 0 saturated carbocycles. The second-order valence-corrected chi connectivity index (χ2v) is 15.0. The van der Waals surface area contributed by atoms with Gasteiger partial charge in [0.2, 0.25) is 0 Å². The van der Waals surface area contributed by atoms with Crippen LogP contribution in [0.25, 0.3) is 6.08 Å². The summed E-state index contributed by atoms with van der Waals surface area (Å²) in [4.78, 5) is 25.5. The molecule has 0 saturated heterocycles. The van der Waals surface area contributed by atoms with E-state index in [-0.39, 0.29) is 17.7 Å². The number of carbonyl (C=O) groups is 2. The molecule has 0 amide bonds. The fourth-order valence-electron chi connectivity index (χ4n) is 6.77. The first kappa shape index (κ1) is 46.9. The molecule has 0 heterocycles. The number of benzene rings is 1. The van der Waals surface area contributed by atoms with Gasteiger partial charge in [-0.15, -0.1) is 0 Å². The summed E-state index contributed by atoms with van der Waals surface area (Å²) in [5.74, 6) is -0.510. The quantitative estimate of drug-likeness (QED) is 0.0422. The van der Waals surface area contributed by atoms with Crippen LogP contribution in [0.3, 0.4) is 0 Å². The van der Waals surface area contributed by atoms with Gasteiger partial charge < -0.3 is 14.6 Å². The third kappa shape index (κ3) is 30.1. The van der Waals surface area contributed by atoms with Crippen molar-refractivity contribution in [2.75, 3.05) is 6.61 Å². The molecular formula is C46H80O5. The number of hydrogen-bond acceptors (Lipinski definition) is 5. The molecule has 1 aromatic rings. The van der Waals surface area contributed by atoms with E-state index in [9.17, 15) is 14.7 Å². The van der Waals surface area contributed by atoms with E-state index in [4.69, 9.17) is 9.47 Å². The molecule has 1 unspecified atom stereocenters. The fraction of sp³-hybridized carbons (Fsp3) is 0.783. The minimum atomic E-state index is -1.00. The predicted octanol–water partition coefficient (Wildman–Crippen LogP) is 14.0. The monoisotopic (exact) mass is 713 g/mol. The summed E-state index contributed by atoms with van der Waals surface area (Å²) >= 11 is 0. The van der Waals surface area contributed by atoms with E-state index in [1.807, 2.05) is 30.3 Å². The zero-order valence-electron chi connectivity index (χ0n) is 33.5. The number of unbranched alkanes of at least 4 members (excludes halogenated alkanes) is 28. The van der Waals surface area contributed by atoms with Gasteiger partial charge in [-0.3, -0.25) is 9.59 Å². The van der Waals surface area contributed by atoms with E-state index >= 15 is 0 Å². The van der Waals surface area contributed by atoms with E-state index in [0.717, 1.165) is 44.1 Å². The first-order valence-corrected chi connectivity index (χ1v) is 21.9. The van der Waals surface area contributed by atoms with E-state index in [1.165, 1.54) is 154 Å². The molecule has 1 aromatic carbocycles. The molecule has 0 fully saturated rings. The van der Waals surface area contributed by atoms with Crippen LogP contribution in [0.1, 0.15) is 225 Å². The minimum Gasteiger partial charge on any atom is -0.452 e. The number of rotatable bonds is 37. The third-order valence-electron chi connectivity index (χ3n) is 10.1. The van der Waals surface area contributed by atoms with Gasteiger partial charge in [-0.05, 0) is 24.5 Å². The van der Waals surface area contributed by atoms with Gasteiger partial charge >= 0.3 is 11.9 Å². The second-order valence-electron chi connectivity index (χ2n) is 15.0. The smallest absolute Gasteiger partial charge is 0.310 e. The van der Waals surface area contributed by atoms with Crippen molar-refractivity contribution < 1.29 is 24.2 Å². The lowest BCUT2D eigenvalue weighted by Gasteiger charge is -2.19. The lowest BCUT2D eigenvalue weighted by Crippen LogP contribution is -2.27. The highest BCUT2D eigenvalue weighted by Gasteiger charge is 2.22. The molecule has 0 aliphatic carbocycles. The predicted molar refractivity (Wildman–Crippen MR) is 217 cm³/mol. The highest BCUT2D eigenvalue weighted by molar-refractivity contribution is 5.73. The maximum atomic E-state index is 12.8. The number of aliphatic hydroxyl groups is 1. The second kappa shape index (κ2) is 36.2. The molecule has 294 valence electrons. The topological polar surface area (TPSA) is 72.8 Å². The van der Waals surface area contributed by atoms with Crippen LogP contribution < -0.4 is 0 Å². The summed E-state index contributed by atoms with van der Waals surface area (Å²) in [6.45, 7) is 4.11. The van der Waals surface area contributed by atoms with Crippen LogP contribution >= 0.6 is 0 Å². The Morgan fingerprint density at radius 2 is 0.843 bits per heavy atom. The lowest BCUT2D eigenvalue weighted by molar-refractivity contribution is -0.155. The molecule has 0 bridgehead atoms. The van der Waals surface area contributed by atoms with Gasteiger partial charge in [0.1, 0.15) is 0 Å². The van der Waals surface area contributed by atoms with Gasteiger partial charge in [-0.2, -0.15) is 0 Å². The van der Waals surface area contributed by atoms with E-state index in [2.05, 4.69) is 13.8 Å². The van der Waals surface area contributed by atoms with Crippen molar-refractivity contribution in [1.29, 1.82) is 0 Å². The lowest BCUT2D eigenvalue weighted by atomic mass is 10.0. The molecule has 1 N–H and O–H groups in total. The molecule has 5 nitrogen and oxygen atoms in total. The van der Waals surface area contributed by atoms with Gasteiger partial charge in [0.05, 0.1) is 6.61 Å². The summed E-state index contributed by atoms with van der Waals surface area (Å²) in [6.07, 6.45) is 39.5. The normalized spacial score (nSPS) is 12.3. The van der Waals surface area contributed by atoms with E-state index < -0.39 is 12.7 Å². The first-order chi connectivity index (χ1) is 25.1. The standard InChI is InChI=1S/C46H80O5/c1-3-5-7-9-11-13-15-17-19-21-23-25-27-29-34-38-45(48)50-43(40-42-36-32-31-33-37-42)44(41-47)51-46(49)39-35-30-28-26-24-22-20-18-16-14-12-10-8-6-4-2/h31-33,36-37,40,44,47H,3-30,34-35,38-39,41H2,1-2H3. The van der Waals surface area contributed by atoms with Crippen molar-refractivity contribution in [2.24, 2.45) is 0 Å². The fourth-order valence-corrected chi connectivity index (χ4v) is 6.77. The number of hydrogen-bond donors (Lipinski definition) is 1. The van der Waals surface area contributed by atoms with Crippen LogP contribution in [-0.4, -0.2) is 29.8 Å². The van der Waals surface area contributed by atoms with Crippen molar-refractivity contribution in [1.82, 2.24) is 0 Å². The number of esters is 2. The van der Waals surface area contributed by atoms with Crippen LogP contribution in [0.5, 0.6) is 0 Å². The molecule has 1 rings (SSSR count). The first-order valence-electron chi connectivity index (χ1n) is 21.9. The van der Waals surface area contributed by atoms with Crippen molar-refractivity contribution in [2.45, 2.75) is 225 Å². The van der Waals surface area contributed by atoms with Gasteiger partial charge in [0.25, 0.3) is 0 Å². The summed E-state index contributed by atoms with van der Waals surface area (Å²) in [5, 5.41) is 10.1. The van der Waals surface area contributed by atoms with Crippen molar-refractivity contribution in [3.8, 4) is 0 Å². The summed E-state index contributed by atoms with van der Waals surface area (Å²) in [6, 6.07) is 9.51. The Bertz CT molecular complexity index is 942. The molecule has 0 aliphatic rings. The molecule has 0 aromatic heterocycles. The average Bonchev–Trinajstić information content (AvgIpc) is 3.14. The Hall–Kier alpha value is -2.14. The molecule has 1 atom stereocenters. The van der Waals surface area contributed by atoms with Crippen LogP contribution in [0.2, 0.25) is 0 Å². The van der Waals surface area contributed by atoms with Gasteiger partial charge in [-0.25, -0.2) is 0 Å². The number of carbonyl (C=O) groups excluding carboxylic acids is 2. The van der Waals surface area contributed by atoms with Gasteiger partial charge in [0.15, 0.2) is 11.9 Å². The van der Waals surface area contributed by atoms with Crippen molar-refractivity contribution >= 4 is 18.0 Å². The summed E-state index contributed by atoms with van der Waals surface area (Å²) < 4.78 is 11.4. The molecule has 51 heavy (non-hydrogen) atoms. The Labute approximate surface area is 315 Å². The Morgan fingerprint density at radius 1 is 0.510 bits per heavy atom. The van der Waals surface area contributed by atoms with Crippen LogP contribution in [-0.2, 0) is 19.1 Å². The zero-order valence-corrected chi connectivity index (χ0v) is 33.5. The van der Waals surface area contributed by atoms with Crippen molar-refractivity contribution in [3.63, 3.8) is 0 Å². The summed E-state index contributed by atoms with van der Waals surface area (Å²) in [7, 11) is 0. The van der Waals surface area contributed by atoms with E-state index in [1.54, 1.807) is 6.08 Å². The number of ether oxygens (including phenoxy) is 2. The molecule has 0 aliphatic heterocycles. The van der Waals surface area contributed by atoms with Crippen LogP contribution in [0.15, 0.2) is 36.1 Å². The molecule has 0 spiro atoms. The molecule has 5 heteroatoms. The minimum absolute atomic E-state index is 0.194. The maximum Gasteiger partial charge on any atom is 0.310 e. The Morgan fingerprint density at radius 3 is 1.20 bits per heavy atom. The Balaban J connectivity index is 2.25. The van der Waals surface area contributed by atoms with Crippen LogP contribution in [0.4, 0.5) is 0 Å². The third-order valence-corrected chi connectivity index (χ3v) is 10.1. The van der Waals surface area contributed by atoms with Crippen LogP contribution in [0, 0.1) is 0 Å². The average molecular weight is 713 g/mol. The van der Waals surface area contributed by atoms with Crippen molar-refractivity contribution in [3.05, 3.63) is 41.7 Å². The number of aliphatic hydroxyl groups excluding tert-OH is 1. The SMILES string of the molecule is CCCCCCCCCCCCCCCCCC(=O)OC(=Cc1ccccc1)C(CO)OC(=O)CCCCCCCCCCCCCCCCC.